The number of nitriles is 1. The number of amides is 4. The van der Waals surface area contributed by atoms with Crippen LogP contribution in [-0.2, 0) is 31.8 Å². The van der Waals surface area contributed by atoms with Crippen molar-refractivity contribution in [1.82, 2.24) is 15.2 Å². The fourth-order valence-corrected chi connectivity index (χ4v) is 7.72. The molecule has 302 valence electrons. The summed E-state index contributed by atoms with van der Waals surface area (Å²) in [6, 6.07) is 13.6. The number of ether oxygens (including phenoxy) is 1. The third-order valence-electron chi connectivity index (χ3n) is 11.0. The van der Waals surface area contributed by atoms with Gasteiger partial charge in [0.05, 0.1) is 48.9 Å². The van der Waals surface area contributed by atoms with E-state index in [2.05, 4.69) is 32.8 Å². The van der Waals surface area contributed by atoms with Crippen LogP contribution in [-0.4, -0.2) is 77.5 Å². The Kier molecular flexibility index (Phi) is 12.1. The summed E-state index contributed by atoms with van der Waals surface area (Å²) in [5, 5.41) is 17.6. The van der Waals surface area contributed by atoms with Gasteiger partial charge in [-0.25, -0.2) is 4.98 Å². The van der Waals surface area contributed by atoms with E-state index in [1.54, 1.807) is 55.3 Å². The van der Waals surface area contributed by atoms with E-state index in [-0.39, 0.29) is 55.0 Å². The first-order valence-electron chi connectivity index (χ1n) is 19.1. The van der Waals surface area contributed by atoms with Crippen molar-refractivity contribution in [1.29, 1.82) is 5.26 Å². The number of aromatic nitrogens is 1. The Morgan fingerprint density at radius 1 is 1.09 bits per heavy atom. The molecule has 0 aliphatic carbocycles. The van der Waals surface area contributed by atoms with Crippen molar-refractivity contribution < 1.29 is 37.1 Å². The van der Waals surface area contributed by atoms with Crippen molar-refractivity contribution in [2.75, 3.05) is 46.8 Å². The number of imide groups is 1. The summed E-state index contributed by atoms with van der Waals surface area (Å²) >= 11 is 0. The second-order valence-electron chi connectivity index (χ2n) is 15.3. The highest BCUT2D eigenvalue weighted by Crippen LogP contribution is 2.39. The van der Waals surface area contributed by atoms with E-state index in [9.17, 15) is 37.6 Å². The van der Waals surface area contributed by atoms with Gasteiger partial charge in [0.25, 0.3) is 5.91 Å². The Bertz CT molecular complexity index is 2070. The predicted molar refractivity (Wildman–Crippen MR) is 207 cm³/mol. The minimum atomic E-state index is -4.75. The molecule has 2 aromatic carbocycles. The lowest BCUT2D eigenvalue weighted by Gasteiger charge is -2.37. The zero-order chi connectivity index (χ0) is 41.1. The second kappa shape index (κ2) is 16.8. The summed E-state index contributed by atoms with van der Waals surface area (Å²) in [5.74, 6) is -0.286. The maximum Gasteiger partial charge on any atom is 0.417 e. The molecule has 3 N–H and O–H groups in total. The molecular formula is C41H47F3N8O5. The van der Waals surface area contributed by atoms with Crippen molar-refractivity contribution in [2.45, 2.75) is 90.0 Å². The minimum absolute atomic E-state index is 0.00420. The average Bonchev–Trinajstić information content (AvgIpc) is 3.41. The number of carbonyl (C=O) groups is 4. The summed E-state index contributed by atoms with van der Waals surface area (Å²) in [4.78, 5) is 60.0. The van der Waals surface area contributed by atoms with E-state index < -0.39 is 28.9 Å². The number of nitrogens with zero attached hydrogens (tertiary/aromatic N) is 5. The Labute approximate surface area is 329 Å². The monoisotopic (exact) mass is 788 g/mol. The molecule has 0 saturated carbocycles. The molecule has 6 rings (SSSR count). The molecule has 3 aromatic rings. The van der Waals surface area contributed by atoms with Crippen molar-refractivity contribution in [3.05, 3.63) is 71.4 Å². The summed E-state index contributed by atoms with van der Waals surface area (Å²) in [7, 11) is 0. The van der Waals surface area contributed by atoms with Crippen LogP contribution in [0.4, 0.5) is 35.9 Å². The van der Waals surface area contributed by atoms with Crippen LogP contribution in [0.1, 0.15) is 76.5 Å². The molecule has 3 aliphatic heterocycles. The lowest BCUT2D eigenvalue weighted by Crippen LogP contribution is -2.47. The fourth-order valence-electron chi connectivity index (χ4n) is 7.72. The lowest BCUT2D eigenvalue weighted by molar-refractivity contribution is -0.138. The number of hydrogen-bond donors (Lipinski definition) is 3. The molecule has 3 fully saturated rings. The predicted octanol–water partition coefficient (Wildman–Crippen LogP) is 5.85. The second-order valence-corrected chi connectivity index (χ2v) is 15.3. The van der Waals surface area contributed by atoms with Gasteiger partial charge in [0.15, 0.2) is 0 Å². The van der Waals surface area contributed by atoms with E-state index in [4.69, 9.17) is 4.74 Å². The third-order valence-corrected chi connectivity index (χ3v) is 11.0. The number of nitrogens with one attached hydrogen (secondary N) is 3. The molecule has 3 aliphatic rings. The van der Waals surface area contributed by atoms with E-state index in [0.717, 1.165) is 43.5 Å². The van der Waals surface area contributed by atoms with Gasteiger partial charge >= 0.3 is 6.18 Å². The number of hydrogen-bond acceptors (Lipinski definition) is 10. The quantitative estimate of drug-likeness (QED) is 0.190. The van der Waals surface area contributed by atoms with Crippen molar-refractivity contribution in [2.24, 2.45) is 5.92 Å². The van der Waals surface area contributed by atoms with Gasteiger partial charge in [-0.05, 0) is 108 Å². The highest BCUT2D eigenvalue weighted by molar-refractivity contribution is 6.05. The number of alkyl halides is 3. The Morgan fingerprint density at radius 2 is 1.86 bits per heavy atom. The SMILES string of the molecule is CCc1cc(N2CN(c3ccc(C#N)c(C(F)(F)F)c3)C(=O)C2(C)C)cnc1OCC[C@@H]1CCN(CC(=O)Nc2cccc(NC3CCC(=O)NC3=O)c2)[C@@H](C)C1. The molecule has 0 spiro atoms. The number of piperidine rings is 2. The average molecular weight is 789 g/mol. The van der Waals surface area contributed by atoms with Crippen LogP contribution < -0.4 is 30.5 Å². The number of likely N-dealkylation sites (tertiary alicyclic amines) is 1. The first-order chi connectivity index (χ1) is 27.1. The molecule has 4 heterocycles. The molecule has 0 bridgehead atoms. The number of aryl methyl sites for hydroxylation is 1. The third kappa shape index (κ3) is 9.31. The largest absolute Gasteiger partial charge is 0.477 e. The maximum atomic E-state index is 13.7. The van der Waals surface area contributed by atoms with Crippen LogP contribution in [0.15, 0.2) is 54.7 Å². The smallest absolute Gasteiger partial charge is 0.417 e. The van der Waals surface area contributed by atoms with Gasteiger partial charge in [0.1, 0.15) is 11.6 Å². The van der Waals surface area contributed by atoms with E-state index in [1.165, 1.54) is 11.0 Å². The first-order valence-corrected chi connectivity index (χ1v) is 19.1. The molecule has 13 nitrogen and oxygen atoms in total. The first kappa shape index (κ1) is 41.0. The molecule has 57 heavy (non-hydrogen) atoms. The van der Waals surface area contributed by atoms with Crippen LogP contribution in [0.2, 0.25) is 0 Å². The van der Waals surface area contributed by atoms with Crippen LogP contribution in [0.5, 0.6) is 5.88 Å². The lowest BCUT2D eigenvalue weighted by atomic mass is 9.89. The maximum absolute atomic E-state index is 13.7. The van der Waals surface area contributed by atoms with Gasteiger partial charge in [0, 0.05) is 35.1 Å². The van der Waals surface area contributed by atoms with Crippen LogP contribution in [0, 0.1) is 17.2 Å². The van der Waals surface area contributed by atoms with Gasteiger partial charge in [-0.15, -0.1) is 0 Å². The van der Waals surface area contributed by atoms with Gasteiger partial charge in [-0.3, -0.25) is 34.3 Å². The van der Waals surface area contributed by atoms with Crippen molar-refractivity contribution >= 4 is 46.4 Å². The number of anilines is 4. The molecular weight excluding hydrogens is 741 g/mol. The van der Waals surface area contributed by atoms with E-state index in [0.29, 0.717) is 48.3 Å². The molecule has 16 heteroatoms. The molecule has 4 amide bonds. The molecule has 1 unspecified atom stereocenters. The van der Waals surface area contributed by atoms with E-state index >= 15 is 0 Å². The topological polar surface area (TPSA) is 160 Å². The number of rotatable bonds is 12. The summed E-state index contributed by atoms with van der Waals surface area (Å²) in [5.41, 5.74) is 0.108. The van der Waals surface area contributed by atoms with E-state index in [1.807, 2.05) is 13.0 Å². The summed E-state index contributed by atoms with van der Waals surface area (Å²) < 4.78 is 47.3. The number of halogens is 3. The van der Waals surface area contributed by atoms with Crippen molar-refractivity contribution in [3.63, 3.8) is 0 Å². The van der Waals surface area contributed by atoms with Crippen LogP contribution in [0.3, 0.4) is 0 Å². The number of carbonyl (C=O) groups excluding carboxylic acids is 4. The standard InChI is InChI=1S/C41H47F3N8O5/c1-5-27-18-32(52-24-51(39(56)40(52,3)4)31-10-9-28(21-45)33(20-31)41(42,43)44)22-46-38(27)57-16-14-26-13-15-50(25(2)17-26)23-36(54)48-30-8-6-7-29(19-30)47-34-11-12-35(53)49-37(34)55/h6-10,18-20,22,25-26,34,47H,5,11-17,23-24H2,1-4H3,(H,48,54)(H,49,53,55)/t25-,26-,34?/m0/s1. The highest BCUT2D eigenvalue weighted by Gasteiger charge is 2.47. The van der Waals surface area contributed by atoms with Crippen LogP contribution >= 0.6 is 0 Å². The summed E-state index contributed by atoms with van der Waals surface area (Å²) in [6.07, 6.45) is 0.736. The zero-order valence-corrected chi connectivity index (χ0v) is 32.4. The molecule has 3 saturated heterocycles. The fraction of sp³-hybridized carbons (Fsp3) is 0.463. The normalized spacial score (nSPS) is 21.2. The molecule has 3 atom stereocenters. The Morgan fingerprint density at radius 3 is 2.56 bits per heavy atom. The number of pyridine rings is 1. The summed E-state index contributed by atoms with van der Waals surface area (Å²) in [6.45, 7) is 8.94. The van der Waals surface area contributed by atoms with Gasteiger partial charge in [0.2, 0.25) is 23.6 Å². The molecule has 0 radical (unpaired) electrons. The minimum Gasteiger partial charge on any atom is -0.477 e. The molecule has 1 aromatic heterocycles. The Balaban J connectivity index is 0.993. The zero-order valence-electron chi connectivity index (χ0n) is 32.4. The van der Waals surface area contributed by atoms with Gasteiger partial charge in [-0.1, -0.05) is 13.0 Å². The highest BCUT2D eigenvalue weighted by atomic mass is 19.4. The Hall–Kier alpha value is -5.69. The van der Waals surface area contributed by atoms with Gasteiger partial charge < -0.3 is 20.3 Å². The van der Waals surface area contributed by atoms with Crippen LogP contribution in [0.25, 0.3) is 0 Å². The van der Waals surface area contributed by atoms with Gasteiger partial charge in [-0.2, -0.15) is 18.4 Å². The van der Waals surface area contributed by atoms with Crippen molar-refractivity contribution in [3.8, 4) is 11.9 Å². The number of benzene rings is 2.